The van der Waals surface area contributed by atoms with Crippen molar-refractivity contribution in [2.24, 2.45) is 5.41 Å². The Balaban J connectivity index is 2.25. The molecule has 2 aromatic rings. The number of anilines is 1. The number of hydrogen-bond donors (Lipinski definition) is 1. The molecule has 1 atom stereocenters. The molecule has 5 heteroatoms. The van der Waals surface area contributed by atoms with E-state index in [0.29, 0.717) is 17.0 Å². The molecule has 28 heavy (non-hydrogen) atoms. The van der Waals surface area contributed by atoms with Crippen LogP contribution in [0, 0.1) is 12.3 Å². The Kier molecular flexibility index (Phi) is 5.02. The molecule has 5 nitrogen and oxygen atoms in total. The first kappa shape index (κ1) is 19.7. The summed E-state index contributed by atoms with van der Waals surface area (Å²) in [5.41, 5.74) is 1.61. The fraction of sp³-hybridized carbons (Fsp3) is 0.304. The van der Waals surface area contributed by atoms with Gasteiger partial charge in [-0.3, -0.25) is 14.5 Å². The Morgan fingerprint density at radius 3 is 2.39 bits per heavy atom. The molecule has 0 radical (unpaired) electrons. The number of aliphatic hydroxyl groups excluding tert-OH is 1. The summed E-state index contributed by atoms with van der Waals surface area (Å²) in [5, 5.41) is 10.7. The van der Waals surface area contributed by atoms with E-state index in [9.17, 15) is 14.7 Å². The lowest BCUT2D eigenvalue weighted by Crippen LogP contribution is -2.33. The van der Waals surface area contributed by atoms with E-state index in [4.69, 9.17) is 4.74 Å². The minimum absolute atomic E-state index is 0.119. The van der Waals surface area contributed by atoms with Gasteiger partial charge in [-0.1, -0.05) is 51.1 Å². The topological polar surface area (TPSA) is 66.8 Å². The van der Waals surface area contributed by atoms with Crippen molar-refractivity contribution >= 4 is 17.4 Å². The zero-order chi connectivity index (χ0) is 20.6. The number of carbonyl (C=O) groups is 2. The standard InChI is InChI=1S/C23H25NO4/c1-14-9-6-7-12-17(14)24-19(15-10-8-11-16(13-15)28-5)18(20(25)22(24)27)21(26)23(2,3)4/h6-13,19,25H,1-5H3. The van der Waals surface area contributed by atoms with Gasteiger partial charge in [0, 0.05) is 11.1 Å². The summed E-state index contributed by atoms with van der Waals surface area (Å²) < 4.78 is 5.33. The van der Waals surface area contributed by atoms with E-state index >= 15 is 0 Å². The molecule has 3 rings (SSSR count). The molecule has 1 aliphatic rings. The zero-order valence-electron chi connectivity index (χ0n) is 16.8. The van der Waals surface area contributed by atoms with E-state index in [0.717, 1.165) is 5.56 Å². The van der Waals surface area contributed by atoms with Crippen LogP contribution in [-0.2, 0) is 9.59 Å². The number of hydrogen-bond acceptors (Lipinski definition) is 4. The minimum Gasteiger partial charge on any atom is -0.503 e. The van der Waals surface area contributed by atoms with Gasteiger partial charge in [-0.15, -0.1) is 0 Å². The summed E-state index contributed by atoms with van der Waals surface area (Å²) in [6.07, 6.45) is 0. The van der Waals surface area contributed by atoms with Crippen LogP contribution in [0.3, 0.4) is 0 Å². The van der Waals surface area contributed by atoms with Crippen molar-refractivity contribution < 1.29 is 19.4 Å². The van der Waals surface area contributed by atoms with Crippen molar-refractivity contribution in [1.82, 2.24) is 0 Å². The Morgan fingerprint density at radius 1 is 1.11 bits per heavy atom. The maximum atomic E-state index is 13.2. The molecular formula is C23H25NO4. The van der Waals surface area contributed by atoms with Gasteiger partial charge in [-0.25, -0.2) is 0 Å². The Hall–Kier alpha value is -3.08. The number of ketones is 1. The number of aliphatic hydroxyl groups is 1. The van der Waals surface area contributed by atoms with Gasteiger partial charge in [-0.05, 0) is 36.2 Å². The van der Waals surface area contributed by atoms with Crippen LogP contribution in [0.1, 0.15) is 37.9 Å². The van der Waals surface area contributed by atoms with Crippen LogP contribution in [0.15, 0.2) is 59.9 Å². The van der Waals surface area contributed by atoms with Gasteiger partial charge in [0.1, 0.15) is 5.75 Å². The molecule has 1 heterocycles. The van der Waals surface area contributed by atoms with Gasteiger partial charge in [0.15, 0.2) is 11.5 Å². The lowest BCUT2D eigenvalue weighted by Gasteiger charge is -2.30. The Labute approximate surface area is 165 Å². The van der Waals surface area contributed by atoms with E-state index in [1.165, 1.54) is 4.90 Å². The number of ether oxygens (including phenoxy) is 1. The predicted molar refractivity (Wildman–Crippen MR) is 109 cm³/mol. The monoisotopic (exact) mass is 379 g/mol. The van der Waals surface area contributed by atoms with Crippen molar-refractivity contribution in [2.45, 2.75) is 33.7 Å². The van der Waals surface area contributed by atoms with Gasteiger partial charge in [-0.2, -0.15) is 0 Å². The molecular weight excluding hydrogens is 354 g/mol. The van der Waals surface area contributed by atoms with E-state index in [2.05, 4.69) is 0 Å². The lowest BCUT2D eigenvalue weighted by molar-refractivity contribution is -0.123. The van der Waals surface area contributed by atoms with E-state index < -0.39 is 23.1 Å². The Bertz CT molecular complexity index is 969. The first-order valence-corrected chi connectivity index (χ1v) is 9.18. The average Bonchev–Trinajstić information content (AvgIpc) is 2.92. The number of amides is 1. The van der Waals surface area contributed by atoms with Crippen LogP contribution >= 0.6 is 0 Å². The van der Waals surface area contributed by atoms with E-state index in [1.54, 1.807) is 40.0 Å². The number of aryl methyl sites for hydroxylation is 1. The van der Waals surface area contributed by atoms with Gasteiger partial charge in [0.2, 0.25) is 0 Å². The molecule has 0 saturated heterocycles. The molecule has 2 aromatic carbocycles. The van der Waals surface area contributed by atoms with Gasteiger partial charge in [0.25, 0.3) is 5.91 Å². The maximum absolute atomic E-state index is 13.2. The summed E-state index contributed by atoms with van der Waals surface area (Å²) in [5.74, 6) is -0.711. The summed E-state index contributed by atoms with van der Waals surface area (Å²) in [6, 6.07) is 13.9. The lowest BCUT2D eigenvalue weighted by atomic mass is 9.82. The quantitative estimate of drug-likeness (QED) is 0.848. The summed E-state index contributed by atoms with van der Waals surface area (Å²) in [6.45, 7) is 7.23. The molecule has 0 aliphatic carbocycles. The van der Waals surface area contributed by atoms with Crippen molar-refractivity contribution in [3.05, 3.63) is 71.0 Å². The molecule has 1 N–H and O–H groups in total. The van der Waals surface area contributed by atoms with Gasteiger partial charge >= 0.3 is 0 Å². The highest BCUT2D eigenvalue weighted by atomic mass is 16.5. The van der Waals surface area contributed by atoms with Crippen LogP contribution in [0.4, 0.5) is 5.69 Å². The summed E-state index contributed by atoms with van der Waals surface area (Å²) >= 11 is 0. The van der Waals surface area contributed by atoms with Crippen LogP contribution in [-0.4, -0.2) is 23.9 Å². The van der Waals surface area contributed by atoms with E-state index in [1.807, 2.05) is 43.3 Å². The van der Waals surface area contributed by atoms with Crippen molar-refractivity contribution in [3.63, 3.8) is 0 Å². The number of para-hydroxylation sites is 1. The smallest absolute Gasteiger partial charge is 0.294 e. The minimum atomic E-state index is -0.748. The number of Topliss-reactive ketones (excluding diaryl/α,β-unsaturated/α-hetero) is 1. The molecule has 1 amide bonds. The average molecular weight is 379 g/mol. The number of methoxy groups -OCH3 is 1. The van der Waals surface area contributed by atoms with Crippen LogP contribution in [0.2, 0.25) is 0 Å². The highest BCUT2D eigenvalue weighted by Crippen LogP contribution is 2.44. The molecule has 0 aromatic heterocycles. The third-order valence-corrected chi connectivity index (χ3v) is 4.92. The van der Waals surface area contributed by atoms with Crippen LogP contribution in [0.5, 0.6) is 5.75 Å². The predicted octanol–water partition coefficient (Wildman–Crippen LogP) is 4.52. The number of benzene rings is 2. The normalized spacial score (nSPS) is 17.2. The van der Waals surface area contributed by atoms with Crippen LogP contribution in [0.25, 0.3) is 0 Å². The van der Waals surface area contributed by atoms with Gasteiger partial charge < -0.3 is 9.84 Å². The van der Waals surface area contributed by atoms with Crippen LogP contribution < -0.4 is 9.64 Å². The SMILES string of the molecule is COc1cccc(C2C(C(=O)C(C)(C)C)=C(O)C(=O)N2c2ccccc2C)c1. The second-order valence-electron chi connectivity index (χ2n) is 7.98. The second kappa shape index (κ2) is 7.15. The molecule has 1 unspecified atom stereocenters. The maximum Gasteiger partial charge on any atom is 0.294 e. The molecule has 0 saturated carbocycles. The first-order chi connectivity index (χ1) is 13.2. The molecule has 146 valence electrons. The fourth-order valence-corrected chi connectivity index (χ4v) is 3.45. The van der Waals surface area contributed by atoms with Crippen molar-refractivity contribution in [1.29, 1.82) is 0 Å². The zero-order valence-corrected chi connectivity index (χ0v) is 16.8. The highest BCUT2D eigenvalue weighted by molar-refractivity contribution is 6.17. The third-order valence-electron chi connectivity index (χ3n) is 4.92. The van der Waals surface area contributed by atoms with Crippen molar-refractivity contribution in [2.75, 3.05) is 12.0 Å². The summed E-state index contributed by atoms with van der Waals surface area (Å²) in [4.78, 5) is 27.8. The second-order valence-corrected chi connectivity index (χ2v) is 7.98. The number of rotatable bonds is 4. The number of nitrogens with zero attached hydrogens (tertiary/aromatic N) is 1. The first-order valence-electron chi connectivity index (χ1n) is 9.18. The van der Waals surface area contributed by atoms with Gasteiger partial charge in [0.05, 0.1) is 18.7 Å². The summed E-state index contributed by atoms with van der Waals surface area (Å²) in [7, 11) is 1.56. The third kappa shape index (κ3) is 3.28. The largest absolute Gasteiger partial charge is 0.503 e. The Morgan fingerprint density at radius 2 is 1.79 bits per heavy atom. The molecule has 0 bridgehead atoms. The van der Waals surface area contributed by atoms with E-state index in [-0.39, 0.29) is 11.4 Å². The molecule has 1 aliphatic heterocycles. The molecule has 0 fully saturated rings. The molecule has 0 spiro atoms. The number of carbonyl (C=O) groups excluding carboxylic acids is 2. The fourth-order valence-electron chi connectivity index (χ4n) is 3.45. The van der Waals surface area contributed by atoms with Crippen molar-refractivity contribution in [3.8, 4) is 5.75 Å². The highest BCUT2D eigenvalue weighted by Gasteiger charge is 2.47.